The van der Waals surface area contributed by atoms with Crippen molar-refractivity contribution in [1.29, 1.82) is 0 Å². The highest BCUT2D eigenvalue weighted by molar-refractivity contribution is 7.91. The summed E-state index contributed by atoms with van der Waals surface area (Å²) < 4.78 is 46.0. The number of rotatable bonds is 1. The van der Waals surface area contributed by atoms with Crippen molar-refractivity contribution in [3.63, 3.8) is 0 Å². The second-order valence-corrected chi connectivity index (χ2v) is 10.6. The van der Waals surface area contributed by atoms with Gasteiger partial charge >= 0.3 is 6.09 Å². The summed E-state index contributed by atoms with van der Waals surface area (Å²) in [5, 5.41) is 2.39. The third kappa shape index (κ3) is 2.99. The zero-order valence-corrected chi connectivity index (χ0v) is 17.4. The molecule has 0 saturated heterocycles. The number of nitrogen functional groups attached to an aromatic ring is 1. The molecule has 1 aromatic rings. The van der Waals surface area contributed by atoms with Crippen LogP contribution in [0.25, 0.3) is 0 Å². The van der Waals surface area contributed by atoms with E-state index in [1.165, 1.54) is 25.2 Å². The normalized spacial score (nSPS) is 25.2. The van der Waals surface area contributed by atoms with Crippen LogP contribution in [-0.2, 0) is 20.3 Å². The summed E-state index contributed by atoms with van der Waals surface area (Å²) in [6.07, 6.45) is -0.197. The van der Waals surface area contributed by atoms with Crippen molar-refractivity contribution in [3.8, 4) is 0 Å². The van der Waals surface area contributed by atoms with Gasteiger partial charge in [-0.05, 0) is 58.7 Å². The minimum atomic E-state index is -3.93. The Labute approximate surface area is 164 Å². The summed E-state index contributed by atoms with van der Waals surface area (Å²) in [6.45, 7) is 6.60. The molecule has 1 saturated carbocycles. The standard InChI is InChI=1S/C18H25FN4O4S/c1-16(2,3)27-15(24)21-14-22-17(4,12-10-11(20)6-7-13(12)19)18(8-9-18)28(25,26)23(14)5/h6-7,10H,8-9,20H2,1-5H3,(H,21,22,24)/t17-/m1/s1. The van der Waals surface area contributed by atoms with Crippen molar-refractivity contribution in [3.05, 3.63) is 29.6 Å². The molecule has 1 fully saturated rings. The number of guanidine groups is 1. The lowest BCUT2D eigenvalue weighted by Crippen LogP contribution is -2.60. The molecule has 0 aromatic heterocycles. The highest BCUT2D eigenvalue weighted by Gasteiger charge is 2.71. The van der Waals surface area contributed by atoms with Crippen LogP contribution < -0.4 is 11.1 Å². The van der Waals surface area contributed by atoms with Crippen molar-refractivity contribution in [2.24, 2.45) is 4.99 Å². The Hall–Kier alpha value is -2.36. The molecule has 1 spiro atoms. The average Bonchev–Trinajstić information content (AvgIpc) is 3.35. The van der Waals surface area contributed by atoms with Crippen LogP contribution in [0.1, 0.15) is 46.1 Å². The van der Waals surface area contributed by atoms with Gasteiger partial charge in [0.1, 0.15) is 21.7 Å². The van der Waals surface area contributed by atoms with E-state index in [0.717, 1.165) is 4.31 Å². The van der Waals surface area contributed by atoms with Gasteiger partial charge in [-0.1, -0.05) is 0 Å². The second-order valence-electron chi connectivity index (χ2n) is 8.34. The Morgan fingerprint density at radius 1 is 1.36 bits per heavy atom. The number of nitrogens with zero attached hydrogens (tertiary/aromatic N) is 2. The summed E-state index contributed by atoms with van der Waals surface area (Å²) in [6, 6.07) is 3.98. The molecule has 8 nitrogen and oxygen atoms in total. The Morgan fingerprint density at radius 3 is 2.50 bits per heavy atom. The summed E-state index contributed by atoms with van der Waals surface area (Å²) in [5.74, 6) is -0.834. The Balaban J connectivity index is 2.13. The SMILES string of the molecule is CN1C(NC(=O)OC(C)(C)C)=N[C@](C)(c2cc(N)ccc2F)C2(CC2)S1(=O)=O. The van der Waals surface area contributed by atoms with Gasteiger partial charge in [-0.15, -0.1) is 0 Å². The molecular formula is C18H25FN4O4S. The molecular weight excluding hydrogens is 387 g/mol. The summed E-state index contributed by atoms with van der Waals surface area (Å²) in [5.41, 5.74) is 3.95. The molecule has 1 heterocycles. The highest BCUT2D eigenvalue weighted by atomic mass is 32.2. The van der Waals surface area contributed by atoms with Crippen molar-refractivity contribution in [2.45, 2.75) is 56.4 Å². The maximum atomic E-state index is 14.7. The predicted octanol–water partition coefficient (Wildman–Crippen LogP) is 2.31. The Bertz CT molecular complexity index is 966. The zero-order chi connectivity index (χ0) is 21.1. The minimum absolute atomic E-state index is 0.0742. The molecule has 0 bridgehead atoms. The van der Waals surface area contributed by atoms with Crippen LogP contribution in [0, 0.1) is 5.82 Å². The van der Waals surface area contributed by atoms with Gasteiger partial charge in [-0.3, -0.25) is 5.32 Å². The van der Waals surface area contributed by atoms with Gasteiger partial charge in [0.25, 0.3) is 0 Å². The van der Waals surface area contributed by atoms with Crippen LogP contribution in [-0.4, -0.2) is 42.2 Å². The van der Waals surface area contributed by atoms with E-state index in [9.17, 15) is 17.6 Å². The van der Waals surface area contributed by atoms with Gasteiger partial charge in [0.2, 0.25) is 16.0 Å². The number of aliphatic imine (C=N–C) groups is 1. The Kier molecular flexibility index (Phi) is 4.42. The number of alkyl carbamates (subject to hydrolysis) is 1. The van der Waals surface area contributed by atoms with Gasteiger partial charge in [0.15, 0.2) is 0 Å². The summed E-state index contributed by atoms with van der Waals surface area (Å²) in [7, 11) is -2.62. The van der Waals surface area contributed by atoms with Crippen LogP contribution >= 0.6 is 0 Å². The Morgan fingerprint density at radius 2 is 1.96 bits per heavy atom. The monoisotopic (exact) mass is 412 g/mol. The van der Waals surface area contributed by atoms with Crippen LogP contribution in [0.4, 0.5) is 14.9 Å². The van der Waals surface area contributed by atoms with Crippen molar-refractivity contribution in [1.82, 2.24) is 9.62 Å². The molecule has 3 rings (SSSR count). The summed E-state index contributed by atoms with van der Waals surface area (Å²) in [4.78, 5) is 16.7. The van der Waals surface area contributed by atoms with Gasteiger partial charge in [-0.25, -0.2) is 26.9 Å². The van der Waals surface area contributed by atoms with Gasteiger partial charge in [0, 0.05) is 18.3 Å². The number of benzene rings is 1. The fraction of sp³-hybridized carbons (Fsp3) is 0.556. The molecule has 0 radical (unpaired) electrons. The first-order valence-electron chi connectivity index (χ1n) is 8.87. The molecule has 28 heavy (non-hydrogen) atoms. The lowest BCUT2D eigenvalue weighted by Gasteiger charge is -2.43. The maximum Gasteiger partial charge on any atom is 0.414 e. The number of ether oxygens (including phenoxy) is 1. The molecule has 1 atom stereocenters. The van der Waals surface area contributed by atoms with E-state index in [4.69, 9.17) is 10.5 Å². The lowest BCUT2D eigenvalue weighted by molar-refractivity contribution is 0.0558. The number of carbonyl (C=O) groups is 1. The first kappa shape index (κ1) is 20.4. The number of anilines is 1. The predicted molar refractivity (Wildman–Crippen MR) is 104 cm³/mol. The fourth-order valence-electron chi connectivity index (χ4n) is 3.59. The van der Waals surface area contributed by atoms with E-state index in [-0.39, 0.29) is 11.5 Å². The quantitative estimate of drug-likeness (QED) is 0.687. The molecule has 2 aliphatic rings. The molecule has 1 aromatic carbocycles. The van der Waals surface area contributed by atoms with Crippen molar-refractivity contribution < 1.29 is 22.3 Å². The van der Waals surface area contributed by atoms with E-state index < -0.39 is 37.8 Å². The minimum Gasteiger partial charge on any atom is -0.444 e. The third-order valence-corrected chi connectivity index (χ3v) is 7.89. The van der Waals surface area contributed by atoms with Crippen LogP contribution in [0.3, 0.4) is 0 Å². The molecule has 10 heteroatoms. The van der Waals surface area contributed by atoms with Crippen molar-refractivity contribution >= 4 is 27.8 Å². The molecule has 1 aliphatic carbocycles. The third-order valence-electron chi connectivity index (χ3n) is 5.20. The largest absolute Gasteiger partial charge is 0.444 e. The van der Waals surface area contributed by atoms with Gasteiger partial charge < -0.3 is 10.5 Å². The maximum absolute atomic E-state index is 14.7. The molecule has 154 valence electrons. The fourth-order valence-corrected chi connectivity index (χ4v) is 5.71. The number of carbonyl (C=O) groups excluding carboxylic acids is 1. The number of halogens is 1. The molecule has 1 amide bonds. The zero-order valence-electron chi connectivity index (χ0n) is 16.5. The van der Waals surface area contributed by atoms with Gasteiger partial charge in [-0.2, -0.15) is 0 Å². The number of nitrogens with one attached hydrogen (secondary N) is 1. The number of hydrogen-bond donors (Lipinski definition) is 2. The number of nitrogens with two attached hydrogens (primary N) is 1. The summed E-state index contributed by atoms with van der Waals surface area (Å²) >= 11 is 0. The van der Waals surface area contributed by atoms with E-state index in [1.54, 1.807) is 27.7 Å². The lowest BCUT2D eigenvalue weighted by atomic mass is 9.86. The number of sulfonamides is 1. The van der Waals surface area contributed by atoms with E-state index in [0.29, 0.717) is 18.5 Å². The average molecular weight is 412 g/mol. The topological polar surface area (TPSA) is 114 Å². The first-order chi connectivity index (χ1) is 12.7. The molecule has 1 aliphatic heterocycles. The number of amides is 1. The number of hydrogen-bond acceptors (Lipinski definition) is 6. The first-order valence-corrected chi connectivity index (χ1v) is 10.3. The van der Waals surface area contributed by atoms with Gasteiger partial charge in [0.05, 0.1) is 0 Å². The van der Waals surface area contributed by atoms with E-state index in [1.807, 2.05) is 0 Å². The molecule has 3 N–H and O–H groups in total. The van der Waals surface area contributed by atoms with Crippen LogP contribution in [0.15, 0.2) is 23.2 Å². The van der Waals surface area contributed by atoms with Crippen molar-refractivity contribution in [2.75, 3.05) is 12.8 Å². The van der Waals surface area contributed by atoms with E-state index >= 15 is 0 Å². The van der Waals surface area contributed by atoms with Crippen LogP contribution in [0.5, 0.6) is 0 Å². The van der Waals surface area contributed by atoms with Crippen LogP contribution in [0.2, 0.25) is 0 Å². The molecule has 0 unspecified atom stereocenters. The smallest absolute Gasteiger partial charge is 0.414 e. The highest BCUT2D eigenvalue weighted by Crippen LogP contribution is 2.60. The second kappa shape index (κ2) is 6.07. The van der Waals surface area contributed by atoms with E-state index in [2.05, 4.69) is 10.3 Å².